The SMILES string of the molecule is CCc1ccc(CC(N)c2ccoc2CC)s1. The molecule has 0 radical (unpaired) electrons. The highest BCUT2D eigenvalue weighted by Gasteiger charge is 2.14. The average Bonchev–Trinajstić information content (AvgIpc) is 2.96. The topological polar surface area (TPSA) is 39.2 Å². The van der Waals surface area contributed by atoms with E-state index in [2.05, 4.69) is 26.0 Å². The molecule has 17 heavy (non-hydrogen) atoms. The maximum atomic E-state index is 6.25. The molecule has 0 saturated heterocycles. The van der Waals surface area contributed by atoms with Gasteiger partial charge in [0.25, 0.3) is 0 Å². The lowest BCUT2D eigenvalue weighted by atomic mass is 10.0. The highest BCUT2D eigenvalue weighted by molar-refractivity contribution is 7.11. The van der Waals surface area contributed by atoms with E-state index in [0.29, 0.717) is 0 Å². The Morgan fingerprint density at radius 2 is 1.94 bits per heavy atom. The number of thiophene rings is 1. The highest BCUT2D eigenvalue weighted by atomic mass is 32.1. The van der Waals surface area contributed by atoms with Crippen LogP contribution < -0.4 is 5.73 Å². The third-order valence-electron chi connectivity index (χ3n) is 2.99. The maximum Gasteiger partial charge on any atom is 0.108 e. The quantitative estimate of drug-likeness (QED) is 0.877. The van der Waals surface area contributed by atoms with Gasteiger partial charge in [-0.1, -0.05) is 13.8 Å². The molecule has 2 heterocycles. The summed E-state index contributed by atoms with van der Waals surface area (Å²) in [4.78, 5) is 2.78. The molecule has 1 atom stereocenters. The smallest absolute Gasteiger partial charge is 0.108 e. The Labute approximate surface area is 106 Å². The minimum Gasteiger partial charge on any atom is -0.469 e. The van der Waals surface area contributed by atoms with Crippen molar-refractivity contribution in [2.45, 2.75) is 39.2 Å². The lowest BCUT2D eigenvalue weighted by Gasteiger charge is -2.09. The van der Waals surface area contributed by atoms with Gasteiger partial charge in [-0.15, -0.1) is 11.3 Å². The summed E-state index contributed by atoms with van der Waals surface area (Å²) in [6.07, 6.45) is 4.64. The van der Waals surface area contributed by atoms with Gasteiger partial charge in [0, 0.05) is 34.2 Å². The highest BCUT2D eigenvalue weighted by Crippen LogP contribution is 2.25. The van der Waals surface area contributed by atoms with E-state index in [1.165, 1.54) is 9.75 Å². The molecule has 0 amide bonds. The van der Waals surface area contributed by atoms with E-state index in [1.807, 2.05) is 17.4 Å². The van der Waals surface area contributed by atoms with E-state index in [9.17, 15) is 0 Å². The lowest BCUT2D eigenvalue weighted by molar-refractivity contribution is 0.505. The van der Waals surface area contributed by atoms with Crippen LogP contribution in [0.4, 0.5) is 0 Å². The van der Waals surface area contributed by atoms with Gasteiger partial charge in [-0.05, 0) is 24.6 Å². The van der Waals surface area contributed by atoms with Crippen LogP contribution in [0.1, 0.15) is 41.0 Å². The molecule has 0 saturated carbocycles. The average molecular weight is 249 g/mol. The largest absolute Gasteiger partial charge is 0.469 e. The molecular weight excluding hydrogens is 230 g/mol. The fourth-order valence-electron chi connectivity index (χ4n) is 2.02. The van der Waals surface area contributed by atoms with Gasteiger partial charge in [0.15, 0.2) is 0 Å². The molecule has 2 nitrogen and oxygen atoms in total. The molecule has 0 aliphatic rings. The minimum atomic E-state index is 0.0482. The fourth-order valence-corrected chi connectivity index (χ4v) is 3.03. The third kappa shape index (κ3) is 2.79. The van der Waals surface area contributed by atoms with Crippen molar-refractivity contribution in [3.63, 3.8) is 0 Å². The van der Waals surface area contributed by atoms with Crippen molar-refractivity contribution in [1.82, 2.24) is 0 Å². The summed E-state index contributed by atoms with van der Waals surface area (Å²) in [5.41, 5.74) is 7.40. The number of nitrogens with two attached hydrogens (primary N) is 1. The Bertz CT molecular complexity index is 472. The molecule has 1 unspecified atom stereocenters. The van der Waals surface area contributed by atoms with Crippen LogP contribution in [0.25, 0.3) is 0 Å². The second-order valence-electron chi connectivity index (χ2n) is 4.18. The van der Waals surface area contributed by atoms with Crippen molar-refractivity contribution in [3.8, 4) is 0 Å². The van der Waals surface area contributed by atoms with Crippen molar-refractivity contribution < 1.29 is 4.42 Å². The lowest BCUT2D eigenvalue weighted by Crippen LogP contribution is -2.13. The fraction of sp³-hybridized carbons (Fsp3) is 0.429. The zero-order valence-corrected chi connectivity index (χ0v) is 11.2. The van der Waals surface area contributed by atoms with E-state index in [0.717, 1.165) is 30.6 Å². The Morgan fingerprint density at radius 1 is 1.18 bits per heavy atom. The predicted molar refractivity (Wildman–Crippen MR) is 72.4 cm³/mol. The summed E-state index contributed by atoms with van der Waals surface area (Å²) in [6.45, 7) is 4.27. The first kappa shape index (κ1) is 12.4. The molecule has 2 N–H and O–H groups in total. The summed E-state index contributed by atoms with van der Waals surface area (Å²) < 4.78 is 5.42. The van der Waals surface area contributed by atoms with Crippen molar-refractivity contribution in [2.75, 3.05) is 0 Å². The van der Waals surface area contributed by atoms with Gasteiger partial charge in [-0.25, -0.2) is 0 Å². The standard InChI is InChI=1S/C14H19NOS/c1-3-10-5-6-11(17-10)9-13(15)12-7-8-16-14(12)4-2/h5-8,13H,3-4,9,15H2,1-2H3. The number of hydrogen-bond acceptors (Lipinski definition) is 3. The molecule has 0 spiro atoms. The molecule has 2 aromatic rings. The van der Waals surface area contributed by atoms with Gasteiger partial charge in [-0.2, -0.15) is 0 Å². The van der Waals surface area contributed by atoms with Gasteiger partial charge in [0.1, 0.15) is 5.76 Å². The Balaban J connectivity index is 2.08. The van der Waals surface area contributed by atoms with Crippen LogP contribution in [0.5, 0.6) is 0 Å². The van der Waals surface area contributed by atoms with Crippen LogP contribution in [0.2, 0.25) is 0 Å². The summed E-state index contributed by atoms with van der Waals surface area (Å²) in [7, 11) is 0. The Kier molecular flexibility index (Phi) is 4.02. The van der Waals surface area contributed by atoms with Crippen LogP contribution in [-0.4, -0.2) is 0 Å². The first-order valence-electron chi connectivity index (χ1n) is 6.14. The van der Waals surface area contributed by atoms with Gasteiger partial charge in [0.05, 0.1) is 6.26 Å². The number of aryl methyl sites for hydroxylation is 2. The van der Waals surface area contributed by atoms with Gasteiger partial charge in [0.2, 0.25) is 0 Å². The van der Waals surface area contributed by atoms with E-state index in [-0.39, 0.29) is 6.04 Å². The molecule has 3 heteroatoms. The molecule has 0 aromatic carbocycles. The zero-order valence-electron chi connectivity index (χ0n) is 10.4. The zero-order chi connectivity index (χ0) is 12.3. The molecule has 92 valence electrons. The van der Waals surface area contributed by atoms with Crippen molar-refractivity contribution in [2.24, 2.45) is 5.73 Å². The van der Waals surface area contributed by atoms with Crippen LogP contribution in [0, 0.1) is 0 Å². The van der Waals surface area contributed by atoms with E-state index < -0.39 is 0 Å². The second-order valence-corrected chi connectivity index (χ2v) is 5.44. The first-order valence-corrected chi connectivity index (χ1v) is 6.95. The van der Waals surface area contributed by atoms with Crippen LogP contribution in [0.15, 0.2) is 28.9 Å². The monoisotopic (exact) mass is 249 g/mol. The number of hydrogen-bond donors (Lipinski definition) is 1. The first-order chi connectivity index (χ1) is 8.24. The summed E-state index contributed by atoms with van der Waals surface area (Å²) in [5, 5.41) is 0. The van der Waals surface area contributed by atoms with Crippen LogP contribution in [0.3, 0.4) is 0 Å². The van der Waals surface area contributed by atoms with Gasteiger partial charge < -0.3 is 10.2 Å². The molecule has 2 rings (SSSR count). The minimum absolute atomic E-state index is 0.0482. The van der Waals surface area contributed by atoms with Crippen molar-refractivity contribution in [1.29, 1.82) is 0 Å². The molecule has 2 aromatic heterocycles. The summed E-state index contributed by atoms with van der Waals surface area (Å²) >= 11 is 1.86. The Morgan fingerprint density at radius 3 is 2.59 bits per heavy atom. The summed E-state index contributed by atoms with van der Waals surface area (Å²) in [6, 6.07) is 6.43. The second kappa shape index (κ2) is 5.52. The number of furan rings is 1. The van der Waals surface area contributed by atoms with E-state index in [4.69, 9.17) is 10.2 Å². The van der Waals surface area contributed by atoms with Crippen LogP contribution >= 0.6 is 11.3 Å². The molecular formula is C14H19NOS. The maximum absolute atomic E-state index is 6.25. The van der Waals surface area contributed by atoms with E-state index in [1.54, 1.807) is 6.26 Å². The van der Waals surface area contributed by atoms with Gasteiger partial charge >= 0.3 is 0 Å². The van der Waals surface area contributed by atoms with Crippen molar-refractivity contribution in [3.05, 3.63) is 45.5 Å². The third-order valence-corrected chi connectivity index (χ3v) is 4.24. The van der Waals surface area contributed by atoms with E-state index >= 15 is 0 Å². The normalized spacial score (nSPS) is 12.9. The number of rotatable bonds is 5. The van der Waals surface area contributed by atoms with Crippen molar-refractivity contribution >= 4 is 11.3 Å². The predicted octanol–water partition coefficient (Wildman–Crippen LogP) is 3.71. The molecule has 0 aliphatic carbocycles. The summed E-state index contributed by atoms with van der Waals surface area (Å²) in [5.74, 6) is 1.02. The molecule has 0 fully saturated rings. The Hall–Kier alpha value is -1.06. The van der Waals surface area contributed by atoms with Gasteiger partial charge in [-0.3, -0.25) is 0 Å². The van der Waals surface area contributed by atoms with Crippen LogP contribution in [-0.2, 0) is 19.3 Å². The molecule has 0 bridgehead atoms. The molecule has 0 aliphatic heterocycles.